The fraction of sp³-hybridized carbons (Fsp3) is 0.407. The number of carboxylic acid groups (broad SMARTS) is 2. The minimum absolute atomic E-state index is 0.116. The van der Waals surface area contributed by atoms with Gasteiger partial charge in [-0.15, -0.1) is 0 Å². The summed E-state index contributed by atoms with van der Waals surface area (Å²) in [4.78, 5) is 149. The van der Waals surface area contributed by atoms with Crippen LogP contribution in [0.3, 0.4) is 0 Å². The summed E-state index contributed by atoms with van der Waals surface area (Å²) in [5.74, 6) is -13.0. The smallest absolute Gasteiger partial charge is 0.326 e. The van der Waals surface area contributed by atoms with Gasteiger partial charge in [0.1, 0.15) is 65.9 Å². The summed E-state index contributed by atoms with van der Waals surface area (Å²) < 4.78 is 0. The van der Waals surface area contributed by atoms with Crippen molar-refractivity contribution >= 4 is 65.1 Å². The Morgan fingerprint density at radius 1 is 0.419 bits per heavy atom. The van der Waals surface area contributed by atoms with Crippen molar-refractivity contribution < 1.29 is 83.4 Å². The molecule has 0 bridgehead atoms. The normalized spacial score (nSPS) is 14.9. The predicted octanol–water partition coefficient (Wildman–Crippen LogP) is -1.79. The average Bonchev–Trinajstić information content (AvgIpc) is 3.65. The third kappa shape index (κ3) is 23.3. The monoisotopic (exact) mass is 1200 g/mol. The molecule has 0 unspecified atom stereocenters. The fourth-order valence-corrected chi connectivity index (χ4v) is 8.67. The molecule has 464 valence electrons. The number of amides is 9. The van der Waals surface area contributed by atoms with Gasteiger partial charge in [-0.05, 0) is 79.1 Å². The van der Waals surface area contributed by atoms with Crippen LogP contribution in [0, 0.1) is 5.92 Å². The second-order valence-corrected chi connectivity index (χ2v) is 21.1. The zero-order chi connectivity index (χ0) is 63.8. The number of carbonyl (C=O) groups is 11. The molecule has 0 fully saturated rings. The maximum absolute atomic E-state index is 14.9. The number of primary amides is 1. The Morgan fingerprint density at radius 3 is 1.10 bits per heavy atom. The van der Waals surface area contributed by atoms with Crippen molar-refractivity contribution in [3.8, 4) is 11.5 Å². The summed E-state index contributed by atoms with van der Waals surface area (Å²) in [6.07, 6.45) is -6.06. The van der Waals surface area contributed by atoms with Crippen molar-refractivity contribution in [2.24, 2.45) is 17.4 Å². The maximum Gasteiger partial charge on any atom is 0.326 e. The molecule has 86 heavy (non-hydrogen) atoms. The van der Waals surface area contributed by atoms with E-state index in [4.69, 9.17) is 11.5 Å². The molecular formula is C59H76N10O17. The highest BCUT2D eigenvalue weighted by atomic mass is 16.4. The molecule has 27 heteroatoms. The van der Waals surface area contributed by atoms with E-state index in [1.807, 2.05) is 0 Å². The highest BCUT2D eigenvalue weighted by Crippen LogP contribution is 2.16. The molecule has 0 saturated carbocycles. The van der Waals surface area contributed by atoms with Crippen molar-refractivity contribution in [1.82, 2.24) is 42.5 Å². The van der Waals surface area contributed by atoms with Gasteiger partial charge in [0.2, 0.25) is 53.2 Å². The molecule has 0 aliphatic heterocycles. The Labute approximate surface area is 495 Å². The largest absolute Gasteiger partial charge is 0.508 e. The zero-order valence-electron chi connectivity index (χ0n) is 47.8. The Hall–Kier alpha value is -9.47. The molecule has 11 atom stereocenters. The number of phenolic OH excluding ortho intramolecular Hbond substituents is 2. The van der Waals surface area contributed by atoms with E-state index >= 15 is 0 Å². The van der Waals surface area contributed by atoms with Crippen molar-refractivity contribution in [2.75, 3.05) is 0 Å². The van der Waals surface area contributed by atoms with Crippen LogP contribution in [-0.2, 0) is 78.4 Å². The van der Waals surface area contributed by atoms with Crippen LogP contribution in [0.5, 0.6) is 11.5 Å². The second-order valence-electron chi connectivity index (χ2n) is 21.1. The van der Waals surface area contributed by atoms with Crippen LogP contribution in [0.25, 0.3) is 0 Å². The number of aliphatic carboxylic acids is 2. The lowest BCUT2D eigenvalue weighted by Crippen LogP contribution is -2.62. The van der Waals surface area contributed by atoms with Crippen LogP contribution >= 0.6 is 0 Å². The zero-order valence-corrected chi connectivity index (χ0v) is 47.8. The molecular weight excluding hydrogens is 1120 g/mol. The van der Waals surface area contributed by atoms with Crippen LogP contribution in [0.15, 0.2) is 109 Å². The molecule has 27 nitrogen and oxygen atoms in total. The van der Waals surface area contributed by atoms with Gasteiger partial charge in [-0.2, -0.15) is 0 Å². The molecule has 0 radical (unpaired) electrons. The van der Waals surface area contributed by atoms with E-state index in [0.717, 1.165) is 0 Å². The Kier molecular flexibility index (Phi) is 27.1. The summed E-state index contributed by atoms with van der Waals surface area (Å²) in [6.45, 7) is 5.78. The van der Waals surface area contributed by atoms with Crippen molar-refractivity contribution in [3.05, 3.63) is 131 Å². The molecule has 0 saturated heterocycles. The molecule has 4 aromatic carbocycles. The number of nitrogens with one attached hydrogen (secondary N) is 8. The van der Waals surface area contributed by atoms with E-state index in [1.165, 1.54) is 62.4 Å². The second kappa shape index (κ2) is 33.7. The van der Waals surface area contributed by atoms with Crippen LogP contribution in [-0.4, -0.2) is 162 Å². The number of rotatable bonds is 34. The quantitative estimate of drug-likeness (QED) is 0.0245. The number of nitrogens with two attached hydrogens (primary N) is 2. The molecule has 9 amide bonds. The van der Waals surface area contributed by atoms with Gasteiger partial charge in [-0.1, -0.05) is 98.8 Å². The SMILES string of the molecule is CC(C)C[C@H](NC(=O)[C@H](CC(=O)O)NC(=O)[C@H](Cc1ccc(O)cc1)NC(=O)[C@H](Cc1ccc(O)cc1)NC(=O)[C@H](Cc1ccccc1)NC(=O)[C@H](Cc1ccccc1)NC(=O)[C@@H](NC(=O)[C@@H](N)[C@@H](C)O)[C@@H](C)O)C(=O)N[C@@H](CCC(N)=O)C(=O)O. The number of hydrogen-bond donors (Lipinski definition) is 16. The minimum atomic E-state index is -1.96. The van der Waals surface area contributed by atoms with E-state index in [-0.39, 0.29) is 43.1 Å². The number of carboxylic acids is 2. The standard InChI is InChI=1S/C59H76N10O17/c1-31(2)25-41(51(77)62-40(59(85)86)23-24-47(60)74)63-56(82)46(30-48(75)76)67-54(80)44(29-37-17-21-39(73)22-18-37)66-53(79)43(28-36-15-19-38(72)20-16-36)65-52(78)42(26-34-11-7-5-8-12-34)64-55(81)45(27-35-13-9-6-10-14-35)68-58(84)50(33(4)71)69-57(83)49(61)32(3)70/h5-22,31-33,40-46,49-50,70-73H,23-30,61H2,1-4H3,(H2,60,74)(H,62,77)(H,63,82)(H,64,81)(H,65,78)(H,66,79)(H,67,80)(H,68,84)(H,69,83)(H,75,76)(H,85,86)/t32-,33-,40+,41+,42+,43+,44+,45+,46+,49+,50+/m1/s1. The van der Waals surface area contributed by atoms with Crippen molar-refractivity contribution in [1.29, 1.82) is 0 Å². The average molecular weight is 1200 g/mol. The molecule has 0 aliphatic rings. The number of aliphatic hydroxyl groups is 2. The number of phenols is 2. The molecule has 0 heterocycles. The maximum atomic E-state index is 14.9. The molecule has 0 aliphatic carbocycles. The molecule has 0 aromatic heterocycles. The van der Waals surface area contributed by atoms with Crippen molar-refractivity contribution in [3.63, 3.8) is 0 Å². The topological polar surface area (TPSA) is 457 Å². The van der Waals surface area contributed by atoms with Gasteiger partial charge < -0.3 is 84.6 Å². The summed E-state index contributed by atoms with van der Waals surface area (Å²) in [5, 5.41) is 80.2. The third-order valence-electron chi connectivity index (χ3n) is 13.4. The number of carbonyl (C=O) groups excluding carboxylic acids is 9. The Morgan fingerprint density at radius 2 is 0.756 bits per heavy atom. The van der Waals surface area contributed by atoms with E-state index in [2.05, 4.69) is 42.5 Å². The lowest BCUT2D eigenvalue weighted by molar-refractivity contribution is -0.143. The third-order valence-corrected chi connectivity index (χ3v) is 13.4. The minimum Gasteiger partial charge on any atom is -0.508 e. The lowest BCUT2D eigenvalue weighted by Gasteiger charge is -2.29. The number of aromatic hydroxyl groups is 2. The van der Waals surface area contributed by atoms with Gasteiger partial charge in [0.05, 0.1) is 18.6 Å². The summed E-state index contributed by atoms with van der Waals surface area (Å²) >= 11 is 0. The van der Waals surface area contributed by atoms with Crippen LogP contribution in [0.2, 0.25) is 0 Å². The van der Waals surface area contributed by atoms with Gasteiger partial charge in [0, 0.05) is 32.1 Å². The summed E-state index contributed by atoms with van der Waals surface area (Å²) in [7, 11) is 0. The number of benzene rings is 4. The molecule has 4 aromatic rings. The van der Waals surface area contributed by atoms with Gasteiger partial charge in [-0.25, -0.2) is 4.79 Å². The number of aliphatic hydroxyl groups excluding tert-OH is 2. The molecule has 18 N–H and O–H groups in total. The van der Waals surface area contributed by atoms with Gasteiger partial charge >= 0.3 is 11.9 Å². The Balaban J connectivity index is 1.73. The Bertz CT molecular complexity index is 2970. The van der Waals surface area contributed by atoms with Crippen LogP contribution in [0.4, 0.5) is 0 Å². The highest BCUT2D eigenvalue weighted by molar-refractivity contribution is 5.99. The highest BCUT2D eigenvalue weighted by Gasteiger charge is 2.37. The molecule has 4 rings (SSSR count). The summed E-state index contributed by atoms with van der Waals surface area (Å²) in [6, 6.07) is 12.8. The van der Waals surface area contributed by atoms with Gasteiger partial charge in [0.25, 0.3) is 0 Å². The molecule has 0 spiro atoms. The summed E-state index contributed by atoms with van der Waals surface area (Å²) in [5.41, 5.74) is 12.7. The van der Waals surface area contributed by atoms with E-state index in [9.17, 15) is 83.4 Å². The predicted molar refractivity (Wildman–Crippen MR) is 308 cm³/mol. The van der Waals surface area contributed by atoms with E-state index < -0.39 is 157 Å². The van der Waals surface area contributed by atoms with Crippen LogP contribution in [0.1, 0.15) is 75.6 Å². The van der Waals surface area contributed by atoms with Gasteiger partial charge in [-0.3, -0.25) is 47.9 Å². The van der Waals surface area contributed by atoms with E-state index in [0.29, 0.717) is 22.3 Å². The first-order valence-corrected chi connectivity index (χ1v) is 27.5. The lowest BCUT2D eigenvalue weighted by atomic mass is 9.99. The first kappa shape index (κ1) is 69.0. The van der Waals surface area contributed by atoms with E-state index in [1.54, 1.807) is 74.5 Å². The number of hydrogen-bond acceptors (Lipinski definition) is 16. The van der Waals surface area contributed by atoms with Crippen LogP contribution < -0.4 is 54.0 Å². The first-order chi connectivity index (χ1) is 40.6. The first-order valence-electron chi connectivity index (χ1n) is 27.5. The van der Waals surface area contributed by atoms with Gasteiger partial charge in [0.15, 0.2) is 0 Å². The van der Waals surface area contributed by atoms with Crippen molar-refractivity contribution in [2.45, 2.75) is 146 Å². The fourth-order valence-electron chi connectivity index (χ4n) is 8.67.